The van der Waals surface area contributed by atoms with Gasteiger partial charge in [-0.1, -0.05) is 12.1 Å². The highest BCUT2D eigenvalue weighted by molar-refractivity contribution is 6.10. The van der Waals surface area contributed by atoms with Crippen molar-refractivity contribution in [1.82, 2.24) is 24.5 Å². The highest BCUT2D eigenvalue weighted by Gasteiger charge is 2.20. The Hall–Kier alpha value is -3.99. The monoisotopic (exact) mass is 371 g/mol. The van der Waals surface area contributed by atoms with Crippen LogP contribution in [0.25, 0.3) is 17.0 Å². The molecule has 0 unspecified atom stereocenters. The van der Waals surface area contributed by atoms with E-state index in [1.807, 2.05) is 26.0 Å². The molecular formula is C20H17N7O. The molecule has 28 heavy (non-hydrogen) atoms. The van der Waals surface area contributed by atoms with Crippen molar-refractivity contribution in [2.24, 2.45) is 0 Å². The van der Waals surface area contributed by atoms with Crippen LogP contribution < -0.4 is 5.32 Å². The quantitative estimate of drug-likeness (QED) is 0.572. The Bertz CT molecular complexity index is 1180. The van der Waals surface area contributed by atoms with E-state index in [0.29, 0.717) is 22.7 Å². The Morgan fingerprint density at radius 3 is 2.68 bits per heavy atom. The molecule has 0 aliphatic carbocycles. The maximum Gasteiger partial charge on any atom is 0.276 e. The number of amides is 1. The van der Waals surface area contributed by atoms with Crippen molar-refractivity contribution >= 4 is 22.6 Å². The lowest BCUT2D eigenvalue weighted by molar-refractivity contribution is 0.102. The fraction of sp³-hybridized carbons (Fsp3) is 0.150. The van der Waals surface area contributed by atoms with Gasteiger partial charge in [0.1, 0.15) is 6.33 Å². The van der Waals surface area contributed by atoms with Gasteiger partial charge in [-0.3, -0.25) is 9.36 Å². The third-order valence-electron chi connectivity index (χ3n) is 4.49. The number of H-pyrrole nitrogens is 1. The molecule has 0 bridgehead atoms. The predicted octanol–water partition coefficient (Wildman–Crippen LogP) is 3.20. The van der Waals surface area contributed by atoms with E-state index in [2.05, 4.69) is 31.3 Å². The number of hydrogen-bond acceptors (Lipinski definition) is 5. The molecule has 8 heteroatoms. The topological polar surface area (TPSA) is 112 Å². The molecule has 2 N–H and O–H groups in total. The van der Waals surface area contributed by atoms with Crippen LogP contribution in [0.15, 0.2) is 55.2 Å². The maximum absolute atomic E-state index is 12.9. The van der Waals surface area contributed by atoms with Crippen LogP contribution in [-0.2, 0) is 5.41 Å². The minimum atomic E-state index is -0.592. The average molecular weight is 371 g/mol. The molecule has 138 valence electrons. The second-order valence-corrected chi connectivity index (χ2v) is 6.85. The molecule has 0 radical (unpaired) electrons. The van der Waals surface area contributed by atoms with Crippen LogP contribution in [-0.4, -0.2) is 30.4 Å². The number of aromatic nitrogens is 5. The fourth-order valence-electron chi connectivity index (χ4n) is 2.81. The summed E-state index contributed by atoms with van der Waals surface area (Å²) in [5.41, 5.74) is 2.33. The van der Waals surface area contributed by atoms with Crippen molar-refractivity contribution in [2.45, 2.75) is 19.3 Å². The van der Waals surface area contributed by atoms with E-state index in [1.165, 1.54) is 0 Å². The molecule has 8 nitrogen and oxygen atoms in total. The zero-order valence-corrected chi connectivity index (χ0v) is 15.3. The first-order valence-electron chi connectivity index (χ1n) is 8.64. The van der Waals surface area contributed by atoms with Gasteiger partial charge in [0.25, 0.3) is 5.91 Å². The molecule has 0 aliphatic heterocycles. The van der Waals surface area contributed by atoms with Crippen molar-refractivity contribution in [2.75, 3.05) is 5.32 Å². The highest BCUT2D eigenvalue weighted by atomic mass is 16.1. The molecule has 0 fully saturated rings. The number of anilines is 1. The number of carbonyl (C=O) groups is 1. The molecule has 3 aromatic heterocycles. The van der Waals surface area contributed by atoms with Gasteiger partial charge in [-0.15, -0.1) is 0 Å². The van der Waals surface area contributed by atoms with Crippen LogP contribution >= 0.6 is 0 Å². The van der Waals surface area contributed by atoms with Crippen LogP contribution in [0.1, 0.15) is 29.9 Å². The Labute approximate surface area is 160 Å². The number of carbonyl (C=O) groups excluding carboxylic acids is 1. The van der Waals surface area contributed by atoms with Crippen molar-refractivity contribution in [1.29, 1.82) is 5.26 Å². The second-order valence-electron chi connectivity index (χ2n) is 6.85. The van der Waals surface area contributed by atoms with Crippen molar-refractivity contribution < 1.29 is 4.79 Å². The smallest absolute Gasteiger partial charge is 0.276 e. The third-order valence-corrected chi connectivity index (χ3v) is 4.49. The molecule has 3 heterocycles. The zero-order chi connectivity index (χ0) is 19.7. The minimum Gasteiger partial charge on any atom is -0.358 e. The van der Waals surface area contributed by atoms with Gasteiger partial charge >= 0.3 is 0 Å². The molecule has 0 atom stereocenters. The molecule has 1 amide bonds. The standard InChI is InChI=1S/C20H17N7O/c1-20(2,11-21)13-3-5-14(6-4-13)24-18(28)17-16-15(7-8-23-16)25-19(26-17)27-10-9-22-12-27/h3-10,12,23H,1-2H3,(H,24,28). The second kappa shape index (κ2) is 6.63. The lowest BCUT2D eigenvalue weighted by atomic mass is 9.86. The van der Waals surface area contributed by atoms with E-state index < -0.39 is 5.41 Å². The van der Waals surface area contributed by atoms with Gasteiger partial charge in [0.2, 0.25) is 5.95 Å². The molecule has 4 rings (SSSR count). The number of nitriles is 1. The summed E-state index contributed by atoms with van der Waals surface area (Å²) in [6.45, 7) is 3.70. The van der Waals surface area contributed by atoms with E-state index in [1.54, 1.807) is 47.7 Å². The van der Waals surface area contributed by atoms with Crippen LogP contribution in [0.3, 0.4) is 0 Å². The summed E-state index contributed by atoms with van der Waals surface area (Å²) in [5, 5.41) is 12.1. The van der Waals surface area contributed by atoms with Crippen LogP contribution in [0.4, 0.5) is 5.69 Å². The Morgan fingerprint density at radius 1 is 1.21 bits per heavy atom. The first-order valence-corrected chi connectivity index (χ1v) is 8.64. The number of benzene rings is 1. The van der Waals surface area contributed by atoms with Crippen LogP contribution in [0.2, 0.25) is 0 Å². The van der Waals surface area contributed by atoms with Crippen LogP contribution in [0.5, 0.6) is 0 Å². The van der Waals surface area contributed by atoms with Crippen molar-refractivity contribution in [3.63, 3.8) is 0 Å². The number of rotatable bonds is 4. The summed E-state index contributed by atoms with van der Waals surface area (Å²) in [6.07, 6.45) is 6.62. The lowest BCUT2D eigenvalue weighted by Gasteiger charge is -2.16. The van der Waals surface area contributed by atoms with Gasteiger partial charge in [0, 0.05) is 24.3 Å². The number of imidazole rings is 1. The van der Waals surface area contributed by atoms with E-state index in [4.69, 9.17) is 0 Å². The SMILES string of the molecule is CC(C)(C#N)c1ccc(NC(=O)c2nc(-n3ccnc3)nc3cc[nH]c23)cc1. The van der Waals surface area contributed by atoms with Gasteiger partial charge in [0.05, 0.1) is 22.5 Å². The predicted molar refractivity (Wildman–Crippen MR) is 104 cm³/mol. The van der Waals surface area contributed by atoms with E-state index in [9.17, 15) is 10.1 Å². The normalized spacial score (nSPS) is 11.3. The van der Waals surface area contributed by atoms with Gasteiger partial charge in [-0.05, 0) is 37.6 Å². The minimum absolute atomic E-state index is 0.236. The number of nitrogens with zero attached hydrogens (tertiary/aromatic N) is 5. The molecule has 0 aliphatic rings. The van der Waals surface area contributed by atoms with Gasteiger partial charge in [0.15, 0.2) is 5.69 Å². The number of fused-ring (bicyclic) bond motifs is 1. The first-order chi connectivity index (χ1) is 13.5. The Balaban J connectivity index is 1.66. The molecule has 4 aromatic rings. The molecule has 0 saturated heterocycles. The van der Waals surface area contributed by atoms with E-state index in [0.717, 1.165) is 5.56 Å². The van der Waals surface area contributed by atoms with E-state index >= 15 is 0 Å². The Kier molecular flexibility index (Phi) is 4.12. The lowest BCUT2D eigenvalue weighted by Crippen LogP contribution is -2.17. The summed E-state index contributed by atoms with van der Waals surface area (Å²) in [7, 11) is 0. The van der Waals surface area contributed by atoms with Gasteiger partial charge in [-0.2, -0.15) is 5.26 Å². The number of nitrogens with one attached hydrogen (secondary N) is 2. The summed E-state index contributed by atoms with van der Waals surface area (Å²) in [6, 6.07) is 11.3. The number of hydrogen-bond donors (Lipinski definition) is 2. The molecular weight excluding hydrogens is 354 g/mol. The molecule has 1 aromatic carbocycles. The largest absolute Gasteiger partial charge is 0.358 e. The van der Waals surface area contributed by atoms with Gasteiger partial charge in [-0.25, -0.2) is 15.0 Å². The van der Waals surface area contributed by atoms with Crippen molar-refractivity contribution in [3.8, 4) is 12.0 Å². The average Bonchev–Trinajstić information content (AvgIpc) is 3.39. The maximum atomic E-state index is 12.9. The molecule has 0 spiro atoms. The Morgan fingerprint density at radius 2 is 2.00 bits per heavy atom. The first kappa shape index (κ1) is 17.4. The summed E-state index contributed by atoms with van der Waals surface area (Å²) < 4.78 is 1.64. The van der Waals surface area contributed by atoms with E-state index in [-0.39, 0.29) is 11.6 Å². The molecule has 0 saturated carbocycles. The van der Waals surface area contributed by atoms with Crippen molar-refractivity contribution in [3.05, 3.63) is 66.5 Å². The van der Waals surface area contributed by atoms with Gasteiger partial charge < -0.3 is 10.3 Å². The fourth-order valence-corrected chi connectivity index (χ4v) is 2.81. The summed E-state index contributed by atoms with van der Waals surface area (Å²) >= 11 is 0. The van der Waals surface area contributed by atoms with Crippen LogP contribution in [0, 0.1) is 11.3 Å². The summed E-state index contributed by atoms with van der Waals surface area (Å²) in [4.78, 5) is 28.8. The highest BCUT2D eigenvalue weighted by Crippen LogP contribution is 2.24. The third kappa shape index (κ3) is 3.10. The zero-order valence-electron chi connectivity index (χ0n) is 15.3. The summed E-state index contributed by atoms with van der Waals surface area (Å²) in [5.74, 6) is 0.00405. The number of aromatic amines is 1.